The maximum Gasteiger partial charge on any atom is 0.138 e. The number of fused-ring (bicyclic) bond motifs is 6. The Morgan fingerprint density at radius 1 is 0.465 bits per heavy atom. The summed E-state index contributed by atoms with van der Waals surface area (Å²) < 4.78 is 6.48. The Labute approximate surface area is 250 Å². The molecule has 1 aliphatic rings. The molecule has 1 heterocycles. The molecule has 0 fully saturated rings. The second-order valence-electron chi connectivity index (χ2n) is 11.5. The van der Waals surface area contributed by atoms with Crippen LogP contribution >= 0.6 is 0 Å². The molecule has 43 heavy (non-hydrogen) atoms. The third kappa shape index (κ3) is 3.72. The number of aryl methyl sites for hydroxylation is 1. The summed E-state index contributed by atoms with van der Waals surface area (Å²) in [7, 11) is 0. The zero-order chi connectivity index (χ0) is 28.3. The first-order valence-corrected chi connectivity index (χ1v) is 15.1. The van der Waals surface area contributed by atoms with Crippen LogP contribution in [0.25, 0.3) is 71.1 Å². The van der Waals surface area contributed by atoms with E-state index in [1.165, 1.54) is 76.7 Å². The van der Waals surface area contributed by atoms with E-state index < -0.39 is 0 Å². The van der Waals surface area contributed by atoms with Gasteiger partial charge in [0, 0.05) is 16.5 Å². The van der Waals surface area contributed by atoms with Crippen molar-refractivity contribution < 1.29 is 4.42 Å². The topological polar surface area (TPSA) is 13.1 Å². The van der Waals surface area contributed by atoms with Gasteiger partial charge in [-0.3, -0.25) is 0 Å². The van der Waals surface area contributed by atoms with Crippen molar-refractivity contribution >= 4 is 48.9 Å². The molecule has 8 aromatic rings. The summed E-state index contributed by atoms with van der Waals surface area (Å²) in [4.78, 5) is 0. The Balaban J connectivity index is 1.30. The fourth-order valence-corrected chi connectivity index (χ4v) is 7.28. The van der Waals surface area contributed by atoms with Crippen molar-refractivity contribution in [2.75, 3.05) is 0 Å². The molecular weight excluding hydrogens is 520 g/mol. The van der Waals surface area contributed by atoms with Crippen molar-refractivity contribution in [3.8, 4) is 22.3 Å². The summed E-state index contributed by atoms with van der Waals surface area (Å²) in [6.07, 6.45) is 4.38. The quantitative estimate of drug-likeness (QED) is 0.200. The molecule has 0 aliphatic heterocycles. The highest BCUT2D eigenvalue weighted by Gasteiger charge is 2.23. The van der Waals surface area contributed by atoms with Crippen LogP contribution in [0.3, 0.4) is 0 Å². The Kier molecular flexibility index (Phi) is 5.39. The number of benzene rings is 7. The molecule has 1 nitrogen and oxygen atoms in total. The van der Waals surface area contributed by atoms with Gasteiger partial charge >= 0.3 is 0 Å². The molecule has 0 unspecified atom stereocenters. The third-order valence-corrected chi connectivity index (χ3v) is 9.14. The minimum atomic E-state index is 0.970. The van der Waals surface area contributed by atoms with E-state index in [0.717, 1.165) is 24.2 Å². The van der Waals surface area contributed by atoms with E-state index in [1.54, 1.807) is 0 Å². The van der Waals surface area contributed by atoms with Crippen LogP contribution in [0.5, 0.6) is 0 Å². The maximum atomic E-state index is 6.48. The van der Waals surface area contributed by atoms with Crippen LogP contribution in [-0.2, 0) is 6.42 Å². The van der Waals surface area contributed by atoms with Gasteiger partial charge in [-0.25, -0.2) is 0 Å². The van der Waals surface area contributed by atoms with Crippen molar-refractivity contribution in [2.45, 2.75) is 12.8 Å². The fraction of sp³-hybridized carbons (Fsp3) is 0.0476. The Hall–Kier alpha value is -5.40. The SMILES string of the molecule is C1=C(c2cccc(-c3c4ccccc4c(-c4cccc5ccccc45)c4ccccc34)c2)c2oc3ccccc3c2CC1. The molecule has 0 bridgehead atoms. The molecule has 7 aromatic carbocycles. The third-order valence-electron chi connectivity index (χ3n) is 9.14. The second-order valence-corrected chi connectivity index (χ2v) is 11.5. The predicted octanol–water partition coefficient (Wildman–Crippen LogP) is 11.6. The lowest BCUT2D eigenvalue weighted by molar-refractivity contribution is 0.591. The van der Waals surface area contributed by atoms with E-state index >= 15 is 0 Å². The molecule has 0 radical (unpaired) electrons. The summed E-state index contributed by atoms with van der Waals surface area (Å²) in [6.45, 7) is 0. The molecule has 0 spiro atoms. The van der Waals surface area contributed by atoms with Gasteiger partial charge in [-0.2, -0.15) is 0 Å². The highest BCUT2D eigenvalue weighted by Crippen LogP contribution is 2.46. The molecule has 0 atom stereocenters. The number of hydrogen-bond donors (Lipinski definition) is 0. The van der Waals surface area contributed by atoms with Gasteiger partial charge in [0.2, 0.25) is 0 Å². The first-order valence-electron chi connectivity index (χ1n) is 15.1. The largest absolute Gasteiger partial charge is 0.456 e. The fourth-order valence-electron chi connectivity index (χ4n) is 7.28. The zero-order valence-electron chi connectivity index (χ0n) is 23.7. The van der Waals surface area contributed by atoms with Gasteiger partial charge in [0.15, 0.2) is 0 Å². The van der Waals surface area contributed by atoms with Gasteiger partial charge < -0.3 is 4.42 Å². The summed E-state index contributed by atoms with van der Waals surface area (Å²) in [5, 5.41) is 8.85. The Morgan fingerprint density at radius 2 is 1.05 bits per heavy atom. The van der Waals surface area contributed by atoms with Gasteiger partial charge in [-0.15, -0.1) is 0 Å². The summed E-state index contributed by atoms with van der Waals surface area (Å²) in [6, 6.07) is 50.7. The van der Waals surface area contributed by atoms with E-state index in [0.29, 0.717) is 0 Å². The standard InChI is InChI=1S/C42H28O/c1-2-16-30-27(12-1)13-10-23-33(30)41-36-20-5-3-18-34(36)40(35-19-4-6-21-37(35)41)29-15-9-14-28(26-29)31-22-11-24-38-32-17-7-8-25-39(32)43-42(31)38/h1-10,12-23,25-26H,11,24H2. The van der Waals surface area contributed by atoms with Crippen molar-refractivity contribution in [2.24, 2.45) is 0 Å². The number of furan rings is 1. The van der Waals surface area contributed by atoms with Gasteiger partial charge in [-0.1, -0.05) is 133 Å². The van der Waals surface area contributed by atoms with E-state index in [9.17, 15) is 0 Å². The van der Waals surface area contributed by atoms with Crippen LogP contribution < -0.4 is 0 Å². The number of para-hydroxylation sites is 1. The monoisotopic (exact) mass is 548 g/mol. The molecule has 1 heteroatoms. The van der Waals surface area contributed by atoms with Crippen molar-refractivity contribution in [3.63, 3.8) is 0 Å². The van der Waals surface area contributed by atoms with Crippen LogP contribution in [0.15, 0.2) is 150 Å². The van der Waals surface area contributed by atoms with Gasteiger partial charge in [0.1, 0.15) is 11.3 Å². The van der Waals surface area contributed by atoms with Crippen molar-refractivity contribution in [1.82, 2.24) is 0 Å². The summed E-state index contributed by atoms with van der Waals surface area (Å²) in [5.41, 5.74) is 9.76. The summed E-state index contributed by atoms with van der Waals surface area (Å²) >= 11 is 0. The lowest BCUT2D eigenvalue weighted by Crippen LogP contribution is -1.98. The zero-order valence-corrected chi connectivity index (χ0v) is 23.7. The predicted molar refractivity (Wildman–Crippen MR) is 181 cm³/mol. The van der Waals surface area contributed by atoms with Crippen LogP contribution in [-0.4, -0.2) is 0 Å². The Morgan fingerprint density at radius 3 is 1.81 bits per heavy atom. The lowest BCUT2D eigenvalue weighted by atomic mass is 9.84. The Bertz CT molecular complexity index is 2340. The first-order chi connectivity index (χ1) is 21.3. The molecule has 0 saturated carbocycles. The molecular formula is C42H28O. The molecule has 0 N–H and O–H groups in total. The molecule has 0 amide bonds. The molecule has 202 valence electrons. The van der Waals surface area contributed by atoms with Crippen LogP contribution in [0.4, 0.5) is 0 Å². The minimum absolute atomic E-state index is 0.970. The van der Waals surface area contributed by atoms with E-state index in [-0.39, 0.29) is 0 Å². The maximum absolute atomic E-state index is 6.48. The van der Waals surface area contributed by atoms with E-state index in [2.05, 4.69) is 146 Å². The van der Waals surface area contributed by atoms with Crippen molar-refractivity contribution in [1.29, 1.82) is 0 Å². The number of rotatable bonds is 3. The highest BCUT2D eigenvalue weighted by atomic mass is 16.3. The average molecular weight is 549 g/mol. The van der Waals surface area contributed by atoms with E-state index in [4.69, 9.17) is 4.42 Å². The normalized spacial score (nSPS) is 13.1. The second kappa shape index (κ2) is 9.58. The number of allylic oxidation sites excluding steroid dienone is 1. The van der Waals surface area contributed by atoms with Gasteiger partial charge in [0.25, 0.3) is 0 Å². The molecule has 1 aliphatic carbocycles. The van der Waals surface area contributed by atoms with Crippen LogP contribution in [0.1, 0.15) is 23.3 Å². The van der Waals surface area contributed by atoms with Crippen LogP contribution in [0.2, 0.25) is 0 Å². The lowest BCUT2D eigenvalue weighted by Gasteiger charge is -2.19. The van der Waals surface area contributed by atoms with Crippen LogP contribution in [0, 0.1) is 0 Å². The number of hydrogen-bond acceptors (Lipinski definition) is 1. The van der Waals surface area contributed by atoms with Crippen molar-refractivity contribution in [3.05, 3.63) is 162 Å². The average Bonchev–Trinajstić information content (AvgIpc) is 3.46. The first kappa shape index (κ1) is 24.2. The van der Waals surface area contributed by atoms with Gasteiger partial charge in [-0.05, 0) is 85.1 Å². The van der Waals surface area contributed by atoms with Gasteiger partial charge in [0.05, 0.1) is 0 Å². The molecule has 0 saturated heterocycles. The molecule has 9 rings (SSSR count). The van der Waals surface area contributed by atoms with E-state index in [1.807, 2.05) is 0 Å². The smallest absolute Gasteiger partial charge is 0.138 e. The molecule has 1 aromatic heterocycles. The minimum Gasteiger partial charge on any atom is -0.456 e. The summed E-state index contributed by atoms with van der Waals surface area (Å²) in [5.74, 6) is 1.02. The highest BCUT2D eigenvalue weighted by molar-refractivity contribution is 6.23.